The van der Waals surface area contributed by atoms with Gasteiger partial charge in [0, 0.05) is 32.9 Å². The second-order valence-electron chi connectivity index (χ2n) is 6.42. The molecule has 0 radical (unpaired) electrons. The predicted molar refractivity (Wildman–Crippen MR) is 81.9 cm³/mol. The van der Waals surface area contributed by atoms with Gasteiger partial charge in [-0.25, -0.2) is 4.79 Å². The number of carbonyl (C=O) groups is 1. The Morgan fingerprint density at radius 3 is 2.62 bits per heavy atom. The standard InChI is InChI=1S/C16H26N4O/c1-18(13-7-3-4-8-13)16(21)20-12-6-5-9-15(20)14-10-11-17-19(14)2/h10-11,13,15H,3-9,12H2,1-2H3/t15-/m0/s1. The minimum absolute atomic E-state index is 0.183. The van der Waals surface area contributed by atoms with Gasteiger partial charge in [-0.1, -0.05) is 12.8 Å². The van der Waals surface area contributed by atoms with Crippen molar-refractivity contribution in [1.29, 1.82) is 0 Å². The number of carbonyl (C=O) groups excluding carboxylic acids is 1. The fraction of sp³-hybridized carbons (Fsp3) is 0.750. The molecule has 5 nitrogen and oxygen atoms in total. The topological polar surface area (TPSA) is 41.4 Å². The van der Waals surface area contributed by atoms with E-state index in [0.717, 1.165) is 37.9 Å². The van der Waals surface area contributed by atoms with Gasteiger partial charge in [-0.2, -0.15) is 5.10 Å². The van der Waals surface area contributed by atoms with Gasteiger partial charge in [-0.15, -0.1) is 0 Å². The lowest BCUT2D eigenvalue weighted by Crippen LogP contribution is -2.48. The Labute approximate surface area is 126 Å². The first-order valence-corrected chi connectivity index (χ1v) is 8.20. The van der Waals surface area contributed by atoms with Gasteiger partial charge in [0.25, 0.3) is 0 Å². The van der Waals surface area contributed by atoms with Crippen molar-refractivity contribution in [3.05, 3.63) is 18.0 Å². The third kappa shape index (κ3) is 2.78. The van der Waals surface area contributed by atoms with Gasteiger partial charge in [0.05, 0.1) is 11.7 Å². The van der Waals surface area contributed by atoms with Gasteiger partial charge in [0.15, 0.2) is 0 Å². The van der Waals surface area contributed by atoms with Crippen molar-refractivity contribution in [3.8, 4) is 0 Å². The summed E-state index contributed by atoms with van der Waals surface area (Å²) in [5.74, 6) is 0. The van der Waals surface area contributed by atoms with Crippen LogP contribution in [0.15, 0.2) is 12.3 Å². The number of hydrogen-bond acceptors (Lipinski definition) is 2. The molecule has 116 valence electrons. The van der Waals surface area contributed by atoms with Crippen LogP contribution in [0.4, 0.5) is 4.79 Å². The van der Waals surface area contributed by atoms with Crippen LogP contribution in [-0.2, 0) is 7.05 Å². The number of likely N-dealkylation sites (tertiary alicyclic amines) is 1. The number of aryl methyl sites for hydroxylation is 1. The van der Waals surface area contributed by atoms with E-state index in [1.165, 1.54) is 19.3 Å². The highest BCUT2D eigenvalue weighted by molar-refractivity contribution is 5.75. The predicted octanol–water partition coefficient (Wildman–Crippen LogP) is 2.94. The summed E-state index contributed by atoms with van der Waals surface area (Å²) in [4.78, 5) is 17.0. The lowest BCUT2D eigenvalue weighted by Gasteiger charge is -2.39. The van der Waals surface area contributed by atoms with E-state index >= 15 is 0 Å². The van der Waals surface area contributed by atoms with Gasteiger partial charge in [-0.05, 0) is 38.2 Å². The Morgan fingerprint density at radius 1 is 1.24 bits per heavy atom. The summed E-state index contributed by atoms with van der Waals surface area (Å²) < 4.78 is 1.91. The Bertz CT molecular complexity index is 492. The molecule has 1 aromatic rings. The highest BCUT2D eigenvalue weighted by Gasteiger charge is 2.34. The zero-order valence-electron chi connectivity index (χ0n) is 13.2. The molecule has 2 heterocycles. The maximum absolute atomic E-state index is 12.9. The highest BCUT2D eigenvalue weighted by Crippen LogP contribution is 2.32. The molecular formula is C16H26N4O. The third-order valence-electron chi connectivity index (χ3n) is 5.12. The first-order valence-electron chi connectivity index (χ1n) is 8.20. The van der Waals surface area contributed by atoms with Gasteiger partial charge < -0.3 is 9.80 Å². The van der Waals surface area contributed by atoms with Crippen molar-refractivity contribution < 1.29 is 4.79 Å². The summed E-state index contributed by atoms with van der Waals surface area (Å²) in [5.41, 5.74) is 1.16. The van der Waals surface area contributed by atoms with Gasteiger partial charge >= 0.3 is 6.03 Å². The number of amides is 2. The fourth-order valence-corrected chi connectivity index (χ4v) is 3.83. The normalized spacial score (nSPS) is 23.5. The highest BCUT2D eigenvalue weighted by atomic mass is 16.2. The smallest absolute Gasteiger partial charge is 0.320 e. The fourth-order valence-electron chi connectivity index (χ4n) is 3.83. The van der Waals surface area contributed by atoms with Gasteiger partial charge in [0.1, 0.15) is 0 Å². The minimum Gasteiger partial charge on any atom is -0.325 e. The molecule has 0 N–H and O–H groups in total. The molecule has 0 bridgehead atoms. The van der Waals surface area contributed by atoms with Crippen LogP contribution >= 0.6 is 0 Å². The Hall–Kier alpha value is -1.52. The third-order valence-corrected chi connectivity index (χ3v) is 5.12. The van der Waals surface area contributed by atoms with Gasteiger partial charge in [0.2, 0.25) is 0 Å². The van der Waals surface area contributed by atoms with E-state index in [1.807, 2.05) is 35.9 Å². The van der Waals surface area contributed by atoms with Crippen LogP contribution in [0.2, 0.25) is 0 Å². The van der Waals surface area contributed by atoms with Crippen molar-refractivity contribution in [1.82, 2.24) is 19.6 Å². The van der Waals surface area contributed by atoms with E-state index < -0.39 is 0 Å². The zero-order chi connectivity index (χ0) is 14.8. The molecule has 2 fully saturated rings. The van der Waals surface area contributed by atoms with E-state index in [-0.39, 0.29) is 12.1 Å². The maximum Gasteiger partial charge on any atom is 0.320 e. The minimum atomic E-state index is 0.183. The first-order chi connectivity index (χ1) is 10.2. The van der Waals surface area contributed by atoms with E-state index in [1.54, 1.807) is 0 Å². The number of rotatable bonds is 2. The second kappa shape index (κ2) is 6.08. The molecule has 1 saturated heterocycles. The van der Waals surface area contributed by atoms with E-state index in [0.29, 0.717) is 6.04 Å². The molecule has 1 aliphatic heterocycles. The van der Waals surface area contributed by atoms with Crippen molar-refractivity contribution in [3.63, 3.8) is 0 Å². The summed E-state index contributed by atoms with van der Waals surface area (Å²) in [6.07, 6.45) is 10.0. The number of nitrogens with zero attached hydrogens (tertiary/aromatic N) is 4. The molecule has 21 heavy (non-hydrogen) atoms. The van der Waals surface area contributed by atoms with Crippen molar-refractivity contribution >= 4 is 6.03 Å². The van der Waals surface area contributed by atoms with Crippen LogP contribution in [0, 0.1) is 0 Å². The molecule has 0 aromatic carbocycles. The summed E-state index contributed by atoms with van der Waals surface area (Å²) in [6, 6.07) is 2.87. The van der Waals surface area contributed by atoms with Gasteiger partial charge in [-0.3, -0.25) is 4.68 Å². The van der Waals surface area contributed by atoms with Crippen LogP contribution in [0.5, 0.6) is 0 Å². The lowest BCUT2D eigenvalue weighted by molar-refractivity contribution is 0.108. The molecular weight excluding hydrogens is 264 g/mol. The van der Waals surface area contributed by atoms with Crippen molar-refractivity contribution in [2.75, 3.05) is 13.6 Å². The number of piperidine rings is 1. The van der Waals surface area contributed by atoms with Crippen LogP contribution in [0.1, 0.15) is 56.7 Å². The molecule has 5 heteroatoms. The monoisotopic (exact) mass is 290 g/mol. The molecule has 1 saturated carbocycles. The van der Waals surface area contributed by atoms with E-state index in [2.05, 4.69) is 10.00 Å². The molecule has 0 unspecified atom stereocenters. The molecule has 1 atom stereocenters. The zero-order valence-corrected chi connectivity index (χ0v) is 13.2. The molecule has 3 rings (SSSR count). The van der Waals surface area contributed by atoms with Crippen LogP contribution in [0.3, 0.4) is 0 Å². The quantitative estimate of drug-likeness (QED) is 0.840. The lowest BCUT2D eigenvalue weighted by atomic mass is 9.99. The molecule has 0 spiro atoms. The average Bonchev–Trinajstić information content (AvgIpc) is 3.17. The average molecular weight is 290 g/mol. The molecule has 1 aliphatic carbocycles. The Morgan fingerprint density at radius 2 is 1.95 bits per heavy atom. The van der Waals surface area contributed by atoms with Crippen molar-refractivity contribution in [2.24, 2.45) is 7.05 Å². The maximum atomic E-state index is 12.9. The molecule has 2 aliphatic rings. The molecule has 1 aromatic heterocycles. The Balaban J connectivity index is 1.77. The first kappa shape index (κ1) is 14.4. The number of aromatic nitrogens is 2. The number of hydrogen-bond donors (Lipinski definition) is 0. The van der Waals surface area contributed by atoms with Crippen LogP contribution < -0.4 is 0 Å². The second-order valence-corrected chi connectivity index (χ2v) is 6.42. The van der Waals surface area contributed by atoms with E-state index in [9.17, 15) is 4.79 Å². The van der Waals surface area contributed by atoms with Crippen LogP contribution in [0.25, 0.3) is 0 Å². The summed E-state index contributed by atoms with van der Waals surface area (Å²) in [5, 5.41) is 4.27. The summed E-state index contributed by atoms with van der Waals surface area (Å²) >= 11 is 0. The van der Waals surface area contributed by atoms with Crippen molar-refractivity contribution in [2.45, 2.75) is 57.0 Å². The summed E-state index contributed by atoms with van der Waals surface area (Å²) in [7, 11) is 3.94. The SMILES string of the molecule is CN(C(=O)N1CCCC[C@H]1c1ccnn1C)C1CCCC1. The Kier molecular flexibility index (Phi) is 4.17. The molecule has 2 amide bonds. The van der Waals surface area contributed by atoms with E-state index in [4.69, 9.17) is 0 Å². The summed E-state index contributed by atoms with van der Waals surface area (Å²) in [6.45, 7) is 0.867. The van der Waals surface area contributed by atoms with Crippen LogP contribution in [-0.4, -0.2) is 45.2 Å². The number of urea groups is 1. The largest absolute Gasteiger partial charge is 0.325 e.